The van der Waals surface area contributed by atoms with Gasteiger partial charge in [-0.05, 0) is 68.7 Å². The first-order valence-electron chi connectivity index (χ1n) is 11.8. The van der Waals surface area contributed by atoms with Gasteiger partial charge < -0.3 is 9.80 Å². The van der Waals surface area contributed by atoms with Crippen molar-refractivity contribution in [1.82, 2.24) is 9.80 Å². The molecule has 2 amide bonds. The molecule has 3 aliphatic rings. The van der Waals surface area contributed by atoms with E-state index in [0.717, 1.165) is 50.6 Å². The maximum atomic E-state index is 13.9. The van der Waals surface area contributed by atoms with Gasteiger partial charge in [0.15, 0.2) is 5.78 Å². The summed E-state index contributed by atoms with van der Waals surface area (Å²) in [4.78, 5) is 43.3. The van der Waals surface area contributed by atoms with Crippen molar-refractivity contribution >= 4 is 40.5 Å². The molecule has 5 nitrogen and oxygen atoms in total. The third-order valence-electron chi connectivity index (χ3n) is 7.82. The van der Waals surface area contributed by atoms with Crippen LogP contribution in [0.4, 0.5) is 0 Å². The summed E-state index contributed by atoms with van der Waals surface area (Å²) in [6.07, 6.45) is 5.67. The molecule has 7 heteroatoms. The summed E-state index contributed by atoms with van der Waals surface area (Å²) >= 11 is 7.43. The number of hydrogen-bond acceptors (Lipinski definition) is 4. The van der Waals surface area contributed by atoms with E-state index in [2.05, 4.69) is 4.90 Å². The molecule has 5 rings (SSSR count). The molecule has 174 valence electrons. The van der Waals surface area contributed by atoms with Crippen molar-refractivity contribution in [3.8, 4) is 0 Å². The number of piperidine rings is 2. The van der Waals surface area contributed by atoms with Crippen LogP contribution in [0.1, 0.15) is 71.0 Å². The van der Waals surface area contributed by atoms with Crippen molar-refractivity contribution in [3.63, 3.8) is 0 Å². The smallest absolute Gasteiger partial charge is 0.254 e. The Hall–Kier alpha value is -2.18. The second-order valence-electron chi connectivity index (χ2n) is 9.71. The number of carbonyl (C=O) groups excluding carboxylic acids is 3. The summed E-state index contributed by atoms with van der Waals surface area (Å²) in [5.41, 5.74) is 1.26. The fourth-order valence-corrected chi connectivity index (χ4v) is 6.77. The molecule has 0 spiro atoms. The van der Waals surface area contributed by atoms with Crippen LogP contribution in [0.15, 0.2) is 35.7 Å². The van der Waals surface area contributed by atoms with Crippen LogP contribution in [0.3, 0.4) is 0 Å². The van der Waals surface area contributed by atoms with Gasteiger partial charge in [0.2, 0.25) is 5.91 Å². The monoisotopic (exact) mass is 484 g/mol. The first-order chi connectivity index (χ1) is 15.9. The highest BCUT2D eigenvalue weighted by atomic mass is 35.5. The lowest BCUT2D eigenvalue weighted by Crippen LogP contribution is -2.61. The summed E-state index contributed by atoms with van der Waals surface area (Å²) in [5, 5.41) is 2.48. The molecule has 1 saturated carbocycles. The Balaban J connectivity index is 1.31. The van der Waals surface area contributed by atoms with Crippen LogP contribution in [0, 0.1) is 5.92 Å². The van der Waals surface area contributed by atoms with E-state index in [1.165, 1.54) is 18.3 Å². The number of benzene rings is 1. The standard InChI is InChI=1S/C26H29ClN2O3S/c1-17(30)23-14-19(16-33-23)24(31)28-13-9-22-18(15-28)4-2-12-29(22)25(32)26(10-3-11-26)20-5-7-21(27)8-6-20/h5-8,14,16,18,22H,2-4,9-13,15H2,1H3/t18-,22+/m0/s1. The number of halogens is 1. The fourth-order valence-electron chi connectivity index (χ4n) is 5.86. The molecule has 3 fully saturated rings. The van der Waals surface area contributed by atoms with E-state index in [4.69, 9.17) is 11.6 Å². The fraction of sp³-hybridized carbons (Fsp3) is 0.500. The van der Waals surface area contributed by atoms with Crippen LogP contribution in [0.2, 0.25) is 5.02 Å². The Kier molecular flexibility index (Phi) is 6.08. The van der Waals surface area contributed by atoms with E-state index < -0.39 is 5.41 Å². The molecule has 2 atom stereocenters. The summed E-state index contributed by atoms with van der Waals surface area (Å²) in [6.45, 7) is 3.64. The SMILES string of the molecule is CC(=O)c1cc(C(=O)N2CC[C@@H]3[C@@H](CCCN3C(=O)C3(c4ccc(Cl)cc4)CCC3)C2)cs1. The van der Waals surface area contributed by atoms with Gasteiger partial charge in [-0.3, -0.25) is 14.4 Å². The number of thiophene rings is 1. The van der Waals surface area contributed by atoms with Gasteiger partial charge in [0, 0.05) is 36.1 Å². The van der Waals surface area contributed by atoms with Crippen LogP contribution in [-0.4, -0.2) is 53.1 Å². The molecule has 2 aliphatic heterocycles. The second-order valence-corrected chi connectivity index (χ2v) is 11.1. The van der Waals surface area contributed by atoms with Crippen molar-refractivity contribution in [3.05, 3.63) is 56.7 Å². The van der Waals surface area contributed by atoms with Gasteiger partial charge in [0.25, 0.3) is 5.91 Å². The highest BCUT2D eigenvalue weighted by molar-refractivity contribution is 7.12. The zero-order chi connectivity index (χ0) is 23.2. The highest BCUT2D eigenvalue weighted by Gasteiger charge is 2.50. The molecule has 1 aromatic carbocycles. The van der Waals surface area contributed by atoms with Crippen LogP contribution in [0.25, 0.3) is 0 Å². The third kappa shape index (κ3) is 4.01. The maximum absolute atomic E-state index is 13.9. The molecule has 2 aromatic rings. The molecule has 0 N–H and O–H groups in total. The number of carbonyl (C=O) groups is 3. The van der Waals surface area contributed by atoms with Gasteiger partial charge in [-0.2, -0.15) is 0 Å². The Morgan fingerprint density at radius 1 is 1.06 bits per heavy atom. The number of likely N-dealkylation sites (tertiary alicyclic amines) is 2. The zero-order valence-electron chi connectivity index (χ0n) is 18.9. The molecular weight excluding hydrogens is 456 g/mol. The topological polar surface area (TPSA) is 57.7 Å². The number of rotatable bonds is 4. The van der Waals surface area contributed by atoms with Crippen molar-refractivity contribution < 1.29 is 14.4 Å². The predicted octanol–water partition coefficient (Wildman–Crippen LogP) is 5.18. The molecule has 1 aliphatic carbocycles. The van der Waals surface area contributed by atoms with Gasteiger partial charge in [0.05, 0.1) is 15.9 Å². The summed E-state index contributed by atoms with van der Waals surface area (Å²) in [7, 11) is 0. The van der Waals surface area contributed by atoms with Gasteiger partial charge in [-0.15, -0.1) is 11.3 Å². The Labute approximate surface area is 203 Å². The summed E-state index contributed by atoms with van der Waals surface area (Å²) in [5.74, 6) is 0.547. The lowest BCUT2D eigenvalue weighted by atomic mass is 9.63. The minimum atomic E-state index is -0.417. The molecule has 1 aromatic heterocycles. The maximum Gasteiger partial charge on any atom is 0.254 e. The largest absolute Gasteiger partial charge is 0.339 e. The molecule has 3 heterocycles. The average molecular weight is 485 g/mol. The van der Waals surface area contributed by atoms with E-state index in [9.17, 15) is 14.4 Å². The van der Waals surface area contributed by atoms with Crippen LogP contribution in [-0.2, 0) is 10.2 Å². The van der Waals surface area contributed by atoms with Crippen LogP contribution in [0.5, 0.6) is 0 Å². The Morgan fingerprint density at radius 2 is 1.82 bits per heavy atom. The summed E-state index contributed by atoms with van der Waals surface area (Å²) in [6, 6.07) is 9.70. The lowest BCUT2D eigenvalue weighted by Gasteiger charge is -2.52. The summed E-state index contributed by atoms with van der Waals surface area (Å²) < 4.78 is 0. The number of fused-ring (bicyclic) bond motifs is 1. The average Bonchev–Trinajstić information content (AvgIpc) is 3.29. The number of Topliss-reactive ketones (excluding diaryl/α,β-unsaturated/α-hetero) is 1. The number of nitrogens with zero attached hydrogens (tertiary/aromatic N) is 2. The third-order valence-corrected chi connectivity index (χ3v) is 9.11. The van der Waals surface area contributed by atoms with Gasteiger partial charge in [-0.25, -0.2) is 0 Å². The van der Waals surface area contributed by atoms with E-state index in [1.54, 1.807) is 11.4 Å². The minimum absolute atomic E-state index is 0.00252. The molecule has 2 saturated heterocycles. The van der Waals surface area contributed by atoms with Gasteiger partial charge in [-0.1, -0.05) is 30.2 Å². The first-order valence-corrected chi connectivity index (χ1v) is 13.1. The second kappa shape index (κ2) is 8.88. The van der Waals surface area contributed by atoms with E-state index in [-0.39, 0.29) is 23.6 Å². The van der Waals surface area contributed by atoms with Crippen molar-refractivity contribution in [2.75, 3.05) is 19.6 Å². The van der Waals surface area contributed by atoms with Crippen LogP contribution < -0.4 is 0 Å². The van der Waals surface area contributed by atoms with E-state index in [0.29, 0.717) is 34.5 Å². The number of amides is 2. The molecule has 0 unspecified atom stereocenters. The Bertz CT molecular complexity index is 1080. The zero-order valence-corrected chi connectivity index (χ0v) is 20.5. The Morgan fingerprint density at radius 3 is 2.45 bits per heavy atom. The van der Waals surface area contributed by atoms with E-state index >= 15 is 0 Å². The quantitative estimate of drug-likeness (QED) is 0.562. The molecular formula is C26H29ClN2O3S. The number of hydrogen-bond donors (Lipinski definition) is 0. The predicted molar refractivity (Wildman–Crippen MR) is 130 cm³/mol. The molecule has 0 bridgehead atoms. The minimum Gasteiger partial charge on any atom is -0.339 e. The van der Waals surface area contributed by atoms with Crippen molar-refractivity contribution in [1.29, 1.82) is 0 Å². The number of ketones is 1. The normalized spacial score (nSPS) is 24.1. The molecule has 0 radical (unpaired) electrons. The van der Waals surface area contributed by atoms with Gasteiger partial charge >= 0.3 is 0 Å². The van der Waals surface area contributed by atoms with Crippen molar-refractivity contribution in [2.24, 2.45) is 5.92 Å². The lowest BCUT2D eigenvalue weighted by molar-refractivity contribution is -0.148. The van der Waals surface area contributed by atoms with Gasteiger partial charge in [0.1, 0.15) is 0 Å². The highest BCUT2D eigenvalue weighted by Crippen LogP contribution is 2.47. The first kappa shape index (κ1) is 22.6. The molecule has 33 heavy (non-hydrogen) atoms. The van der Waals surface area contributed by atoms with Crippen LogP contribution >= 0.6 is 22.9 Å². The van der Waals surface area contributed by atoms with Crippen molar-refractivity contribution in [2.45, 2.75) is 56.9 Å². The van der Waals surface area contributed by atoms with E-state index in [1.807, 2.05) is 29.2 Å².